The number of carbonyl (C=O) groups excluding carboxylic acids is 1. The van der Waals surface area contributed by atoms with Crippen molar-refractivity contribution in [3.05, 3.63) is 94.0 Å². The maximum Gasteiger partial charge on any atom is 0.246 e. The van der Waals surface area contributed by atoms with Gasteiger partial charge in [-0.3, -0.25) is 4.79 Å². The third kappa shape index (κ3) is 4.96. The van der Waals surface area contributed by atoms with Crippen molar-refractivity contribution >= 4 is 33.0 Å². The Kier molecular flexibility index (Phi) is 7.77. The number of rotatable bonds is 5. The molecular formula is C31H36ClN3O3S. The second kappa shape index (κ2) is 11.0. The standard InChI is InChI=1S/C31H36ClN3O3S/c1-22-11-12-24(3)29(19-22)34-15-17-35(18-16-34)30(36)31(39(37,38)26-9-6-8-25(32)20-26)21-33-14-13-28(31)27-10-5-4-7-23(27)2/h4-12,19-20,28,33H,13-18,21H2,1-3H3/t28-,31+/m0/s1. The van der Waals surface area contributed by atoms with Crippen molar-refractivity contribution < 1.29 is 13.2 Å². The van der Waals surface area contributed by atoms with Crippen molar-refractivity contribution in [2.75, 3.05) is 44.2 Å². The molecule has 8 heteroatoms. The Bertz CT molecular complexity index is 1480. The van der Waals surface area contributed by atoms with Crippen molar-refractivity contribution in [3.63, 3.8) is 0 Å². The maximum absolute atomic E-state index is 14.7. The number of aryl methyl sites for hydroxylation is 3. The lowest BCUT2D eigenvalue weighted by Crippen LogP contribution is -2.66. The lowest BCUT2D eigenvalue weighted by molar-refractivity contribution is -0.135. The summed E-state index contributed by atoms with van der Waals surface area (Å²) in [5.41, 5.74) is 5.45. The number of sulfone groups is 1. The fourth-order valence-corrected chi connectivity index (χ4v) is 8.69. The number of halogens is 1. The Hall–Kier alpha value is -2.87. The molecule has 3 aromatic rings. The van der Waals surface area contributed by atoms with E-state index in [4.69, 9.17) is 11.6 Å². The number of anilines is 1. The van der Waals surface area contributed by atoms with Gasteiger partial charge in [-0.15, -0.1) is 0 Å². The zero-order valence-corrected chi connectivity index (χ0v) is 24.4. The number of piperazine rings is 1. The first kappa shape index (κ1) is 27.7. The van der Waals surface area contributed by atoms with Gasteiger partial charge in [-0.05, 0) is 80.3 Å². The first-order valence-electron chi connectivity index (χ1n) is 13.5. The summed E-state index contributed by atoms with van der Waals surface area (Å²) >= 11 is 6.26. The number of nitrogens with one attached hydrogen (secondary N) is 1. The lowest BCUT2D eigenvalue weighted by Gasteiger charge is -2.47. The minimum Gasteiger partial charge on any atom is -0.368 e. The van der Waals surface area contributed by atoms with E-state index in [0.29, 0.717) is 44.2 Å². The summed E-state index contributed by atoms with van der Waals surface area (Å²) in [4.78, 5) is 18.8. The molecule has 2 saturated heterocycles. The smallest absolute Gasteiger partial charge is 0.246 e. The summed E-state index contributed by atoms with van der Waals surface area (Å²) in [5.74, 6) is -0.822. The van der Waals surface area contributed by atoms with E-state index in [1.165, 1.54) is 22.9 Å². The maximum atomic E-state index is 14.7. The zero-order chi connectivity index (χ0) is 27.8. The second-order valence-corrected chi connectivity index (χ2v) is 13.4. The molecule has 3 aromatic carbocycles. The number of nitrogens with zero attached hydrogens (tertiary/aromatic N) is 2. The molecule has 206 valence electrons. The third-order valence-corrected chi connectivity index (χ3v) is 11.0. The molecule has 0 radical (unpaired) electrons. The third-order valence-electron chi connectivity index (χ3n) is 8.34. The van der Waals surface area contributed by atoms with E-state index in [1.54, 1.807) is 23.1 Å². The van der Waals surface area contributed by atoms with Gasteiger partial charge >= 0.3 is 0 Å². The molecule has 5 rings (SSSR count). The highest BCUT2D eigenvalue weighted by molar-refractivity contribution is 7.93. The number of hydrogen-bond donors (Lipinski definition) is 1. The molecule has 2 atom stereocenters. The Balaban J connectivity index is 1.56. The minimum atomic E-state index is -4.14. The number of piperidine rings is 1. The lowest BCUT2D eigenvalue weighted by atomic mass is 9.77. The molecule has 0 aromatic heterocycles. The van der Waals surface area contributed by atoms with Gasteiger partial charge in [0.1, 0.15) is 0 Å². The van der Waals surface area contributed by atoms with Crippen molar-refractivity contribution in [2.24, 2.45) is 0 Å². The van der Waals surface area contributed by atoms with Gasteiger partial charge < -0.3 is 15.1 Å². The highest BCUT2D eigenvalue weighted by atomic mass is 35.5. The summed E-state index contributed by atoms with van der Waals surface area (Å²) in [5, 5.41) is 3.61. The molecule has 0 spiro atoms. The van der Waals surface area contributed by atoms with E-state index in [-0.39, 0.29) is 17.3 Å². The fraction of sp³-hybridized carbons (Fsp3) is 0.387. The van der Waals surface area contributed by atoms with Crippen LogP contribution in [-0.2, 0) is 14.6 Å². The van der Waals surface area contributed by atoms with Crippen LogP contribution in [0.3, 0.4) is 0 Å². The van der Waals surface area contributed by atoms with Gasteiger partial charge in [0, 0.05) is 49.4 Å². The molecular weight excluding hydrogens is 530 g/mol. The Labute approximate surface area is 236 Å². The quantitative estimate of drug-likeness (QED) is 0.476. The van der Waals surface area contributed by atoms with Gasteiger partial charge in [0.15, 0.2) is 14.6 Å². The van der Waals surface area contributed by atoms with Gasteiger partial charge in [-0.2, -0.15) is 0 Å². The van der Waals surface area contributed by atoms with Crippen LogP contribution in [0.25, 0.3) is 0 Å². The SMILES string of the molecule is Cc1ccc(C)c(N2CCN(C(=O)[C@@]3(S(=O)(=O)c4cccc(Cl)c4)CNCC[C@H]3c3ccccc3C)CC2)c1. The highest BCUT2D eigenvalue weighted by Crippen LogP contribution is 2.45. The van der Waals surface area contributed by atoms with Crippen molar-refractivity contribution in [3.8, 4) is 0 Å². The summed E-state index contributed by atoms with van der Waals surface area (Å²) in [6, 6.07) is 20.5. The molecule has 2 aliphatic rings. The van der Waals surface area contributed by atoms with Gasteiger partial charge in [-0.1, -0.05) is 54.1 Å². The zero-order valence-electron chi connectivity index (χ0n) is 22.8. The van der Waals surface area contributed by atoms with Crippen molar-refractivity contribution in [1.82, 2.24) is 10.2 Å². The van der Waals surface area contributed by atoms with Crippen LogP contribution in [-0.4, -0.2) is 63.2 Å². The van der Waals surface area contributed by atoms with Crippen LogP contribution >= 0.6 is 11.6 Å². The van der Waals surface area contributed by atoms with E-state index >= 15 is 0 Å². The monoisotopic (exact) mass is 565 g/mol. The second-order valence-electron chi connectivity index (χ2n) is 10.8. The average Bonchev–Trinajstić information content (AvgIpc) is 2.94. The van der Waals surface area contributed by atoms with Crippen LogP contribution in [0, 0.1) is 20.8 Å². The van der Waals surface area contributed by atoms with Gasteiger partial charge in [0.05, 0.1) is 4.90 Å². The fourth-order valence-electron chi connectivity index (χ4n) is 6.21. The molecule has 2 aliphatic heterocycles. The van der Waals surface area contributed by atoms with Gasteiger partial charge in [-0.25, -0.2) is 8.42 Å². The van der Waals surface area contributed by atoms with Crippen LogP contribution in [0.1, 0.15) is 34.6 Å². The Morgan fingerprint density at radius 1 is 0.923 bits per heavy atom. The molecule has 0 saturated carbocycles. The van der Waals surface area contributed by atoms with Crippen LogP contribution in [0.4, 0.5) is 5.69 Å². The Morgan fingerprint density at radius 3 is 2.38 bits per heavy atom. The van der Waals surface area contributed by atoms with E-state index in [0.717, 1.165) is 11.1 Å². The summed E-state index contributed by atoms with van der Waals surface area (Å²) < 4.78 is 27.6. The number of benzene rings is 3. The van der Waals surface area contributed by atoms with E-state index in [2.05, 4.69) is 42.3 Å². The van der Waals surface area contributed by atoms with E-state index < -0.39 is 20.5 Å². The number of amides is 1. The molecule has 2 heterocycles. The van der Waals surface area contributed by atoms with Crippen molar-refractivity contribution in [1.29, 1.82) is 0 Å². The van der Waals surface area contributed by atoms with Gasteiger partial charge in [0.25, 0.3) is 0 Å². The highest BCUT2D eigenvalue weighted by Gasteiger charge is 2.59. The van der Waals surface area contributed by atoms with Gasteiger partial charge in [0.2, 0.25) is 5.91 Å². The first-order valence-corrected chi connectivity index (χ1v) is 15.4. The predicted molar refractivity (Wildman–Crippen MR) is 157 cm³/mol. The van der Waals surface area contributed by atoms with Crippen LogP contribution in [0.15, 0.2) is 71.6 Å². The first-order chi connectivity index (χ1) is 18.6. The minimum absolute atomic E-state index is 0.0525. The van der Waals surface area contributed by atoms with Crippen LogP contribution in [0.2, 0.25) is 5.02 Å². The van der Waals surface area contributed by atoms with E-state index in [1.807, 2.05) is 31.2 Å². The molecule has 39 heavy (non-hydrogen) atoms. The molecule has 0 unspecified atom stereocenters. The Morgan fingerprint density at radius 2 is 1.67 bits per heavy atom. The molecule has 2 fully saturated rings. The summed E-state index contributed by atoms with van der Waals surface area (Å²) in [6.45, 7) is 9.06. The largest absolute Gasteiger partial charge is 0.368 e. The predicted octanol–water partition coefficient (Wildman–Crippen LogP) is 4.90. The topological polar surface area (TPSA) is 69.7 Å². The van der Waals surface area contributed by atoms with E-state index in [9.17, 15) is 13.2 Å². The molecule has 0 aliphatic carbocycles. The van der Waals surface area contributed by atoms with Crippen LogP contribution in [0.5, 0.6) is 0 Å². The molecule has 0 bridgehead atoms. The molecule has 1 amide bonds. The normalized spacial score (nSPS) is 22.1. The number of hydrogen-bond acceptors (Lipinski definition) is 5. The molecule has 6 nitrogen and oxygen atoms in total. The van der Waals surface area contributed by atoms with Crippen molar-refractivity contribution in [2.45, 2.75) is 42.8 Å². The average molecular weight is 566 g/mol. The summed E-state index contributed by atoms with van der Waals surface area (Å²) in [7, 11) is -4.14. The number of carbonyl (C=O) groups is 1. The summed E-state index contributed by atoms with van der Waals surface area (Å²) in [6.07, 6.45) is 0.541. The molecule has 1 N–H and O–H groups in total. The van der Waals surface area contributed by atoms with Crippen LogP contribution < -0.4 is 10.2 Å².